The first-order valence-electron chi connectivity index (χ1n) is 5.07. The zero-order chi connectivity index (χ0) is 13.2. The van der Waals surface area contributed by atoms with Crippen LogP contribution in [0.15, 0.2) is 18.2 Å². The molecule has 0 saturated heterocycles. The number of alkyl halides is 3. The highest BCUT2D eigenvalue weighted by molar-refractivity contribution is 5.29. The molecule has 3 N–H and O–H groups in total. The highest BCUT2D eigenvalue weighted by Crippen LogP contribution is 2.31. The van der Waals surface area contributed by atoms with Gasteiger partial charge in [-0.3, -0.25) is 0 Å². The highest BCUT2D eigenvalue weighted by Gasteiger charge is 2.32. The molecular formula is C11H13F4NO. The van der Waals surface area contributed by atoms with Crippen LogP contribution in [0.4, 0.5) is 17.6 Å². The summed E-state index contributed by atoms with van der Waals surface area (Å²) >= 11 is 0. The van der Waals surface area contributed by atoms with Crippen LogP contribution in [-0.4, -0.2) is 11.2 Å². The fourth-order valence-electron chi connectivity index (χ4n) is 1.43. The quantitative estimate of drug-likeness (QED) is 0.811. The molecule has 0 spiro atoms. The van der Waals surface area contributed by atoms with Crippen molar-refractivity contribution < 1.29 is 22.7 Å². The molecule has 0 aliphatic carbocycles. The molecule has 2 nitrogen and oxygen atoms in total. The van der Waals surface area contributed by atoms with E-state index in [2.05, 4.69) is 0 Å². The number of rotatable bonds is 3. The number of benzene rings is 1. The molecule has 2 atom stereocenters. The van der Waals surface area contributed by atoms with Gasteiger partial charge in [0.1, 0.15) is 5.82 Å². The molecule has 6 heteroatoms. The lowest BCUT2D eigenvalue weighted by Crippen LogP contribution is -2.26. The second-order valence-corrected chi connectivity index (χ2v) is 3.74. The lowest BCUT2D eigenvalue weighted by Gasteiger charge is -2.19. The molecule has 0 saturated carbocycles. The Morgan fingerprint density at radius 3 is 2.35 bits per heavy atom. The topological polar surface area (TPSA) is 46.2 Å². The average Bonchev–Trinajstić information content (AvgIpc) is 2.25. The molecule has 1 aromatic carbocycles. The summed E-state index contributed by atoms with van der Waals surface area (Å²) in [6, 6.07) is 1.07. The Kier molecular flexibility index (Phi) is 4.11. The molecule has 0 aliphatic rings. The second-order valence-electron chi connectivity index (χ2n) is 3.74. The fraction of sp³-hybridized carbons (Fsp3) is 0.455. The third-order valence-electron chi connectivity index (χ3n) is 2.52. The number of hydrogen-bond acceptors (Lipinski definition) is 2. The summed E-state index contributed by atoms with van der Waals surface area (Å²) in [5, 5.41) is 9.42. The van der Waals surface area contributed by atoms with Crippen molar-refractivity contribution in [3.05, 3.63) is 35.1 Å². The van der Waals surface area contributed by atoms with Crippen LogP contribution in [-0.2, 0) is 6.18 Å². The Morgan fingerprint density at radius 2 is 1.94 bits per heavy atom. The van der Waals surface area contributed by atoms with E-state index in [9.17, 15) is 22.7 Å². The van der Waals surface area contributed by atoms with Crippen molar-refractivity contribution >= 4 is 0 Å². The van der Waals surface area contributed by atoms with Crippen LogP contribution in [0.1, 0.15) is 30.5 Å². The number of aliphatic hydroxyl groups is 1. The normalized spacial score (nSPS) is 15.7. The Bertz CT molecular complexity index is 392. The van der Waals surface area contributed by atoms with Crippen molar-refractivity contribution in [3.8, 4) is 0 Å². The Hall–Kier alpha value is -1.14. The summed E-state index contributed by atoms with van der Waals surface area (Å²) < 4.78 is 50.3. The molecule has 1 rings (SSSR count). The SMILES string of the molecule is CC[C@@H](O)[C@@H](N)c1ccc(C(F)(F)F)cc1F. The lowest BCUT2D eigenvalue weighted by atomic mass is 9.98. The summed E-state index contributed by atoms with van der Waals surface area (Å²) in [4.78, 5) is 0. The van der Waals surface area contributed by atoms with Gasteiger partial charge in [-0.2, -0.15) is 13.2 Å². The Balaban J connectivity index is 3.06. The van der Waals surface area contributed by atoms with E-state index in [-0.39, 0.29) is 5.56 Å². The van der Waals surface area contributed by atoms with E-state index in [1.54, 1.807) is 6.92 Å². The van der Waals surface area contributed by atoms with Crippen LogP contribution in [0.3, 0.4) is 0 Å². The maximum Gasteiger partial charge on any atom is 0.416 e. The average molecular weight is 251 g/mol. The van der Waals surface area contributed by atoms with Crippen molar-refractivity contribution in [3.63, 3.8) is 0 Å². The molecule has 0 aliphatic heterocycles. The first-order chi connectivity index (χ1) is 7.77. The third kappa shape index (κ3) is 3.17. The van der Waals surface area contributed by atoms with E-state index in [1.165, 1.54) is 0 Å². The van der Waals surface area contributed by atoms with E-state index in [0.717, 1.165) is 12.1 Å². The van der Waals surface area contributed by atoms with Crippen LogP contribution >= 0.6 is 0 Å². The van der Waals surface area contributed by atoms with E-state index in [0.29, 0.717) is 12.5 Å². The maximum atomic E-state index is 13.4. The fourth-order valence-corrected chi connectivity index (χ4v) is 1.43. The van der Waals surface area contributed by atoms with E-state index in [4.69, 9.17) is 5.73 Å². The number of halogens is 4. The van der Waals surface area contributed by atoms with Crippen LogP contribution in [0.2, 0.25) is 0 Å². The summed E-state index contributed by atoms with van der Waals surface area (Å²) in [5.41, 5.74) is 4.35. The van der Waals surface area contributed by atoms with Crippen molar-refractivity contribution in [1.82, 2.24) is 0 Å². The largest absolute Gasteiger partial charge is 0.416 e. The monoisotopic (exact) mass is 251 g/mol. The maximum absolute atomic E-state index is 13.4. The Morgan fingerprint density at radius 1 is 1.35 bits per heavy atom. The second kappa shape index (κ2) is 5.01. The van der Waals surface area contributed by atoms with Gasteiger partial charge in [0.25, 0.3) is 0 Å². The minimum absolute atomic E-state index is 0.118. The van der Waals surface area contributed by atoms with Gasteiger partial charge in [-0.25, -0.2) is 4.39 Å². The van der Waals surface area contributed by atoms with Crippen molar-refractivity contribution in [2.24, 2.45) is 5.73 Å². The summed E-state index contributed by atoms with van der Waals surface area (Å²) in [6.45, 7) is 1.65. The molecular weight excluding hydrogens is 238 g/mol. The van der Waals surface area contributed by atoms with Gasteiger partial charge in [0, 0.05) is 5.56 Å². The zero-order valence-corrected chi connectivity index (χ0v) is 9.13. The predicted molar refractivity (Wildman–Crippen MR) is 54.6 cm³/mol. The first-order valence-corrected chi connectivity index (χ1v) is 5.07. The number of hydrogen-bond donors (Lipinski definition) is 2. The molecule has 0 aromatic heterocycles. The molecule has 0 heterocycles. The minimum atomic E-state index is -4.59. The summed E-state index contributed by atoms with van der Waals surface area (Å²) in [7, 11) is 0. The molecule has 0 unspecified atom stereocenters. The molecule has 96 valence electrons. The molecule has 0 bridgehead atoms. The first kappa shape index (κ1) is 13.9. The van der Waals surface area contributed by atoms with Gasteiger partial charge in [-0.1, -0.05) is 13.0 Å². The highest BCUT2D eigenvalue weighted by atomic mass is 19.4. The predicted octanol–water partition coefficient (Wildman–Crippen LogP) is 2.62. The van der Waals surface area contributed by atoms with E-state index >= 15 is 0 Å². The van der Waals surface area contributed by atoms with Crippen LogP contribution in [0, 0.1) is 5.82 Å². The number of nitrogens with two attached hydrogens (primary N) is 1. The van der Waals surface area contributed by atoms with Crippen molar-refractivity contribution in [2.75, 3.05) is 0 Å². The van der Waals surface area contributed by atoms with Gasteiger partial charge in [0.15, 0.2) is 0 Å². The van der Waals surface area contributed by atoms with Crippen LogP contribution in [0.5, 0.6) is 0 Å². The lowest BCUT2D eigenvalue weighted by molar-refractivity contribution is -0.137. The van der Waals surface area contributed by atoms with Gasteiger partial charge in [-0.15, -0.1) is 0 Å². The number of aliphatic hydroxyl groups excluding tert-OH is 1. The smallest absolute Gasteiger partial charge is 0.391 e. The molecule has 0 radical (unpaired) electrons. The van der Waals surface area contributed by atoms with E-state index < -0.39 is 29.7 Å². The molecule has 17 heavy (non-hydrogen) atoms. The summed E-state index contributed by atoms with van der Waals surface area (Å²) in [6.07, 6.45) is -5.28. The molecule has 1 aromatic rings. The van der Waals surface area contributed by atoms with Gasteiger partial charge < -0.3 is 10.8 Å². The van der Waals surface area contributed by atoms with Gasteiger partial charge in [0.2, 0.25) is 0 Å². The van der Waals surface area contributed by atoms with Crippen molar-refractivity contribution in [1.29, 1.82) is 0 Å². The van der Waals surface area contributed by atoms with Crippen LogP contribution in [0.25, 0.3) is 0 Å². The summed E-state index contributed by atoms with van der Waals surface area (Å²) in [5.74, 6) is -1.06. The minimum Gasteiger partial charge on any atom is -0.391 e. The molecule has 0 amide bonds. The standard InChI is InChI=1S/C11H13F4NO/c1-2-9(17)10(16)7-4-3-6(5-8(7)12)11(13,14)15/h3-5,9-10,17H,2,16H2,1H3/t9-,10+/m1/s1. The van der Waals surface area contributed by atoms with Gasteiger partial charge >= 0.3 is 6.18 Å². The van der Waals surface area contributed by atoms with E-state index in [1.807, 2.05) is 0 Å². The Labute approximate surface area is 96.1 Å². The van der Waals surface area contributed by atoms with Gasteiger partial charge in [-0.05, 0) is 18.6 Å². The zero-order valence-electron chi connectivity index (χ0n) is 9.13. The van der Waals surface area contributed by atoms with Crippen LogP contribution < -0.4 is 5.73 Å². The van der Waals surface area contributed by atoms with Crippen molar-refractivity contribution in [2.45, 2.75) is 31.7 Å². The molecule has 0 fully saturated rings. The third-order valence-corrected chi connectivity index (χ3v) is 2.52. The van der Waals surface area contributed by atoms with Gasteiger partial charge in [0.05, 0.1) is 17.7 Å².